The van der Waals surface area contributed by atoms with Crippen LogP contribution in [0.4, 0.5) is 17.6 Å². The van der Waals surface area contributed by atoms with Crippen molar-refractivity contribution in [3.8, 4) is 0 Å². The summed E-state index contributed by atoms with van der Waals surface area (Å²) in [5.41, 5.74) is 0.268. The van der Waals surface area contributed by atoms with Gasteiger partial charge in [-0.25, -0.2) is 4.39 Å². The zero-order valence-electron chi connectivity index (χ0n) is 8.14. The van der Waals surface area contributed by atoms with Crippen LogP contribution in [-0.2, 0) is 11.2 Å². The second-order valence-electron chi connectivity index (χ2n) is 3.10. The fourth-order valence-electron chi connectivity index (χ4n) is 1.11. The summed E-state index contributed by atoms with van der Waals surface area (Å²) in [5.74, 6) is -2.51. The van der Waals surface area contributed by atoms with Crippen molar-refractivity contribution < 1.29 is 22.4 Å². The molecule has 88 valence electrons. The van der Waals surface area contributed by atoms with E-state index in [0.717, 1.165) is 0 Å². The van der Waals surface area contributed by atoms with Crippen LogP contribution in [-0.4, -0.2) is 18.6 Å². The third-order valence-corrected chi connectivity index (χ3v) is 1.90. The molecule has 6 heteroatoms. The van der Waals surface area contributed by atoms with Crippen molar-refractivity contribution in [3.63, 3.8) is 0 Å². The lowest BCUT2D eigenvalue weighted by Crippen LogP contribution is -2.37. The molecule has 0 aliphatic carbocycles. The number of carbonyl (C=O) groups is 1. The van der Waals surface area contributed by atoms with Gasteiger partial charge in [-0.3, -0.25) is 4.79 Å². The summed E-state index contributed by atoms with van der Waals surface area (Å²) in [7, 11) is 0. The van der Waals surface area contributed by atoms with Crippen molar-refractivity contribution in [1.29, 1.82) is 0 Å². The van der Waals surface area contributed by atoms with Gasteiger partial charge in [0.05, 0.1) is 0 Å². The average Bonchev–Trinajstić information content (AvgIpc) is 2.19. The highest BCUT2D eigenvalue weighted by Gasteiger charge is 2.38. The van der Waals surface area contributed by atoms with E-state index in [0.29, 0.717) is 0 Å². The van der Waals surface area contributed by atoms with Crippen LogP contribution in [0.1, 0.15) is 5.56 Å². The molecule has 1 aromatic rings. The minimum absolute atomic E-state index is 0.0223. The second kappa shape index (κ2) is 4.96. The van der Waals surface area contributed by atoms with E-state index in [2.05, 4.69) is 0 Å². The number of hydrogen-bond donors (Lipinski definition) is 1. The molecular weight excluding hydrogens is 226 g/mol. The van der Waals surface area contributed by atoms with Gasteiger partial charge in [-0.1, -0.05) is 18.2 Å². The molecule has 0 aliphatic rings. The Labute approximate surface area is 89.3 Å². The average molecular weight is 235 g/mol. The molecule has 0 radical (unpaired) electrons. The molecule has 1 rings (SSSR count). The number of hydrogen-bond acceptors (Lipinski definition) is 1. The van der Waals surface area contributed by atoms with Gasteiger partial charge in [0.2, 0.25) is 0 Å². The highest BCUT2D eigenvalue weighted by Crippen LogP contribution is 2.14. The zero-order valence-corrected chi connectivity index (χ0v) is 8.14. The first-order valence-corrected chi connectivity index (χ1v) is 4.49. The smallest absolute Gasteiger partial charge is 0.348 e. The van der Waals surface area contributed by atoms with Crippen molar-refractivity contribution in [2.45, 2.75) is 12.6 Å². The topological polar surface area (TPSA) is 29.1 Å². The van der Waals surface area contributed by atoms with Crippen molar-refractivity contribution in [2.75, 3.05) is 6.54 Å². The van der Waals surface area contributed by atoms with E-state index in [1.165, 1.54) is 18.2 Å². The van der Waals surface area contributed by atoms with Crippen LogP contribution in [0.3, 0.4) is 0 Å². The van der Waals surface area contributed by atoms with E-state index in [9.17, 15) is 22.4 Å². The lowest BCUT2D eigenvalue weighted by Gasteiger charge is -2.07. The summed E-state index contributed by atoms with van der Waals surface area (Å²) < 4.78 is 48.3. The maximum Gasteiger partial charge on any atom is 0.471 e. The summed E-state index contributed by atoms with van der Waals surface area (Å²) >= 11 is 0. The Balaban J connectivity index is 2.43. The molecule has 1 aromatic carbocycles. The minimum Gasteiger partial charge on any atom is -0.348 e. The van der Waals surface area contributed by atoms with Gasteiger partial charge in [-0.2, -0.15) is 13.2 Å². The normalized spacial score (nSPS) is 11.2. The number of halogens is 4. The van der Waals surface area contributed by atoms with Crippen LogP contribution in [0.25, 0.3) is 0 Å². The minimum atomic E-state index is -4.89. The van der Waals surface area contributed by atoms with Crippen LogP contribution in [0, 0.1) is 5.82 Å². The third kappa shape index (κ3) is 3.52. The number of amides is 1. The predicted octanol–water partition coefficient (Wildman–Crippen LogP) is 2.05. The highest BCUT2D eigenvalue weighted by molar-refractivity contribution is 5.81. The van der Waals surface area contributed by atoms with Gasteiger partial charge in [0, 0.05) is 6.54 Å². The second-order valence-corrected chi connectivity index (χ2v) is 3.10. The molecule has 1 N–H and O–H groups in total. The Morgan fingerprint density at radius 1 is 1.25 bits per heavy atom. The first-order valence-electron chi connectivity index (χ1n) is 4.49. The maximum atomic E-state index is 13.0. The third-order valence-electron chi connectivity index (χ3n) is 1.90. The van der Waals surface area contributed by atoms with Crippen molar-refractivity contribution in [3.05, 3.63) is 35.6 Å². The Bertz CT molecular complexity index is 375. The summed E-state index contributed by atoms with van der Waals surface area (Å²) in [5, 5.41) is 1.67. The van der Waals surface area contributed by atoms with Crippen molar-refractivity contribution in [1.82, 2.24) is 5.32 Å². The molecule has 0 saturated heterocycles. The Morgan fingerprint density at radius 2 is 1.88 bits per heavy atom. The van der Waals surface area contributed by atoms with Crippen LogP contribution < -0.4 is 5.32 Å². The Morgan fingerprint density at radius 3 is 2.44 bits per heavy atom. The van der Waals surface area contributed by atoms with Gasteiger partial charge in [0.15, 0.2) is 0 Å². The number of carbonyl (C=O) groups excluding carboxylic acids is 1. The van der Waals surface area contributed by atoms with Gasteiger partial charge < -0.3 is 5.32 Å². The predicted molar refractivity (Wildman–Crippen MR) is 49.2 cm³/mol. The van der Waals surface area contributed by atoms with E-state index in [1.54, 1.807) is 11.4 Å². The molecule has 2 nitrogen and oxygen atoms in total. The van der Waals surface area contributed by atoms with Gasteiger partial charge >= 0.3 is 12.1 Å². The molecular formula is C10H9F4NO. The van der Waals surface area contributed by atoms with E-state index < -0.39 is 17.9 Å². The van der Waals surface area contributed by atoms with Crippen molar-refractivity contribution in [2.24, 2.45) is 0 Å². The van der Waals surface area contributed by atoms with Crippen LogP contribution >= 0.6 is 0 Å². The molecule has 1 amide bonds. The van der Waals surface area contributed by atoms with E-state index in [1.807, 2.05) is 0 Å². The highest BCUT2D eigenvalue weighted by atomic mass is 19.4. The Hall–Kier alpha value is -1.59. The number of alkyl halides is 3. The molecule has 16 heavy (non-hydrogen) atoms. The molecule has 0 aliphatic heterocycles. The quantitative estimate of drug-likeness (QED) is 0.798. The molecule has 0 fully saturated rings. The van der Waals surface area contributed by atoms with Crippen LogP contribution in [0.15, 0.2) is 24.3 Å². The summed E-state index contributed by atoms with van der Waals surface area (Å²) in [6, 6.07) is 5.72. The van der Waals surface area contributed by atoms with Crippen LogP contribution in [0.5, 0.6) is 0 Å². The van der Waals surface area contributed by atoms with Gasteiger partial charge in [0.1, 0.15) is 5.82 Å². The van der Waals surface area contributed by atoms with E-state index in [-0.39, 0.29) is 18.5 Å². The monoisotopic (exact) mass is 235 g/mol. The standard InChI is InChI=1S/C10H9F4NO/c11-8-4-2-1-3-7(8)5-6-15-9(16)10(12,13)14/h1-4H,5-6H2,(H,15,16). The summed E-state index contributed by atoms with van der Waals surface area (Å²) in [6.07, 6.45) is -4.87. The zero-order chi connectivity index (χ0) is 12.2. The SMILES string of the molecule is O=C(NCCc1ccccc1F)C(F)(F)F. The lowest BCUT2D eigenvalue weighted by atomic mass is 10.1. The molecule has 0 saturated carbocycles. The molecule has 0 bridgehead atoms. The van der Waals surface area contributed by atoms with Crippen molar-refractivity contribution >= 4 is 5.91 Å². The molecule has 0 unspecified atom stereocenters. The van der Waals surface area contributed by atoms with E-state index >= 15 is 0 Å². The summed E-state index contributed by atoms with van der Waals surface area (Å²) in [4.78, 5) is 10.4. The fraction of sp³-hybridized carbons (Fsp3) is 0.300. The lowest BCUT2D eigenvalue weighted by molar-refractivity contribution is -0.173. The molecule has 0 atom stereocenters. The maximum absolute atomic E-state index is 13.0. The molecule has 0 heterocycles. The summed E-state index contributed by atoms with van der Waals surface area (Å²) in [6.45, 7) is -0.251. The van der Waals surface area contributed by atoms with Gasteiger partial charge in [0.25, 0.3) is 0 Å². The van der Waals surface area contributed by atoms with Crippen LogP contribution in [0.2, 0.25) is 0 Å². The van der Waals surface area contributed by atoms with E-state index in [4.69, 9.17) is 0 Å². The van der Waals surface area contributed by atoms with Gasteiger partial charge in [-0.15, -0.1) is 0 Å². The first-order chi connectivity index (χ1) is 7.41. The number of nitrogens with one attached hydrogen (secondary N) is 1. The first kappa shape index (κ1) is 12.5. The Kier molecular flexibility index (Phi) is 3.87. The largest absolute Gasteiger partial charge is 0.471 e. The fourth-order valence-corrected chi connectivity index (χ4v) is 1.11. The number of benzene rings is 1. The molecule has 0 spiro atoms. The van der Waals surface area contributed by atoms with Gasteiger partial charge in [-0.05, 0) is 18.1 Å². The number of rotatable bonds is 3. The molecule has 0 aromatic heterocycles.